The van der Waals surface area contributed by atoms with Gasteiger partial charge in [-0.15, -0.1) is 23.1 Å². The summed E-state index contributed by atoms with van der Waals surface area (Å²) >= 11 is 3.22. The molecule has 0 atom stereocenters. The minimum atomic E-state index is -0.512. The van der Waals surface area contributed by atoms with Crippen molar-refractivity contribution in [2.75, 3.05) is 0 Å². The number of thiophene rings is 1. The van der Waals surface area contributed by atoms with Crippen molar-refractivity contribution in [2.45, 2.75) is 10.6 Å². The van der Waals surface area contributed by atoms with Gasteiger partial charge in [0.05, 0.1) is 5.56 Å². The molecule has 3 rings (SSSR count). The van der Waals surface area contributed by atoms with E-state index in [2.05, 4.69) is 10.9 Å². The molecular formula is C19H15FN2O2S2. The third-order valence-electron chi connectivity index (χ3n) is 3.48. The lowest BCUT2D eigenvalue weighted by Crippen LogP contribution is -2.41. The lowest BCUT2D eigenvalue weighted by Gasteiger charge is -2.10. The highest BCUT2D eigenvalue weighted by molar-refractivity contribution is 7.98. The Kier molecular flexibility index (Phi) is 6.04. The van der Waals surface area contributed by atoms with Gasteiger partial charge in [0.15, 0.2) is 0 Å². The lowest BCUT2D eigenvalue weighted by molar-refractivity contribution is 0.0845. The molecular weight excluding hydrogens is 371 g/mol. The maximum Gasteiger partial charge on any atom is 0.270 e. The second-order valence-electron chi connectivity index (χ2n) is 5.28. The second-order valence-corrected chi connectivity index (χ2v) is 7.33. The van der Waals surface area contributed by atoms with Crippen LogP contribution in [0.15, 0.2) is 70.9 Å². The third-order valence-corrected chi connectivity index (χ3v) is 5.66. The molecule has 0 fully saturated rings. The molecule has 2 aromatic carbocycles. The van der Waals surface area contributed by atoms with Gasteiger partial charge in [-0.3, -0.25) is 20.4 Å². The number of benzene rings is 2. The molecule has 4 nitrogen and oxygen atoms in total. The summed E-state index contributed by atoms with van der Waals surface area (Å²) < 4.78 is 12.9. The summed E-state index contributed by atoms with van der Waals surface area (Å²) in [7, 11) is 0. The van der Waals surface area contributed by atoms with Crippen molar-refractivity contribution in [1.82, 2.24) is 10.9 Å². The highest BCUT2D eigenvalue weighted by Crippen LogP contribution is 2.27. The topological polar surface area (TPSA) is 58.2 Å². The molecule has 0 aliphatic rings. The van der Waals surface area contributed by atoms with E-state index in [0.29, 0.717) is 5.56 Å². The number of carbonyl (C=O) groups is 2. The summed E-state index contributed by atoms with van der Waals surface area (Å²) in [5.74, 6) is -0.580. The van der Waals surface area contributed by atoms with Crippen molar-refractivity contribution in [2.24, 2.45) is 0 Å². The van der Waals surface area contributed by atoms with Crippen LogP contribution in [0.2, 0.25) is 0 Å². The van der Waals surface area contributed by atoms with Gasteiger partial charge < -0.3 is 0 Å². The largest absolute Gasteiger partial charge is 0.270 e. The standard InChI is InChI=1S/C19H15FN2O2S2/c20-14-9-7-13(8-10-14)18(23)21-22-19(24)16-5-1-2-6-17(16)26-12-15-4-3-11-25-15/h1-11H,12H2,(H,21,23)(H,22,24). The van der Waals surface area contributed by atoms with Crippen LogP contribution in [0, 0.1) is 5.82 Å². The Balaban J connectivity index is 1.62. The molecule has 0 saturated carbocycles. The number of hydrogen-bond acceptors (Lipinski definition) is 4. The van der Waals surface area contributed by atoms with Crippen LogP contribution in [-0.2, 0) is 5.75 Å². The van der Waals surface area contributed by atoms with Gasteiger partial charge in [0.1, 0.15) is 5.82 Å². The van der Waals surface area contributed by atoms with Crippen LogP contribution in [0.25, 0.3) is 0 Å². The Hall–Kier alpha value is -2.64. The Bertz CT molecular complexity index is 896. The maximum atomic E-state index is 12.9. The number of hydrogen-bond donors (Lipinski definition) is 2. The van der Waals surface area contributed by atoms with E-state index in [-0.39, 0.29) is 5.56 Å². The molecule has 0 unspecified atom stereocenters. The molecule has 1 heterocycles. The van der Waals surface area contributed by atoms with Gasteiger partial charge in [-0.05, 0) is 47.8 Å². The summed E-state index contributed by atoms with van der Waals surface area (Å²) in [6.07, 6.45) is 0. The van der Waals surface area contributed by atoms with Crippen molar-refractivity contribution in [3.8, 4) is 0 Å². The fourth-order valence-electron chi connectivity index (χ4n) is 2.18. The van der Waals surface area contributed by atoms with Crippen LogP contribution in [0.1, 0.15) is 25.6 Å². The number of rotatable bonds is 5. The zero-order valence-corrected chi connectivity index (χ0v) is 15.2. The zero-order chi connectivity index (χ0) is 18.4. The smallest absolute Gasteiger partial charge is 0.267 e. The highest BCUT2D eigenvalue weighted by Gasteiger charge is 2.13. The monoisotopic (exact) mass is 386 g/mol. The number of nitrogens with one attached hydrogen (secondary N) is 2. The lowest BCUT2D eigenvalue weighted by atomic mass is 10.2. The summed E-state index contributed by atoms with van der Waals surface area (Å²) in [4.78, 5) is 26.5. The summed E-state index contributed by atoms with van der Waals surface area (Å²) in [6, 6.07) is 16.3. The molecule has 1 aromatic heterocycles. The van der Waals surface area contributed by atoms with Gasteiger partial charge in [0.2, 0.25) is 0 Å². The highest BCUT2D eigenvalue weighted by atomic mass is 32.2. The van der Waals surface area contributed by atoms with E-state index in [4.69, 9.17) is 0 Å². The Morgan fingerprint density at radius 1 is 0.923 bits per heavy atom. The van der Waals surface area contributed by atoms with E-state index in [1.165, 1.54) is 29.1 Å². The van der Waals surface area contributed by atoms with Crippen molar-refractivity contribution in [3.05, 3.63) is 87.9 Å². The van der Waals surface area contributed by atoms with Crippen LogP contribution in [0.4, 0.5) is 4.39 Å². The normalized spacial score (nSPS) is 10.3. The van der Waals surface area contributed by atoms with E-state index in [1.807, 2.05) is 29.6 Å². The molecule has 2 N–H and O–H groups in total. The van der Waals surface area contributed by atoms with Crippen molar-refractivity contribution in [1.29, 1.82) is 0 Å². The molecule has 3 aromatic rings. The first-order chi connectivity index (χ1) is 12.6. The number of halogens is 1. The Morgan fingerprint density at radius 2 is 1.65 bits per heavy atom. The van der Waals surface area contributed by atoms with Gasteiger partial charge in [-0.2, -0.15) is 0 Å². The first-order valence-corrected chi connectivity index (χ1v) is 9.60. The van der Waals surface area contributed by atoms with E-state index < -0.39 is 17.6 Å². The fraction of sp³-hybridized carbons (Fsp3) is 0.0526. The number of carbonyl (C=O) groups excluding carboxylic acids is 2. The average Bonchev–Trinajstić information content (AvgIpc) is 3.18. The van der Waals surface area contributed by atoms with Crippen molar-refractivity contribution >= 4 is 34.9 Å². The number of thioether (sulfide) groups is 1. The first-order valence-electron chi connectivity index (χ1n) is 7.74. The second kappa shape index (κ2) is 8.64. The molecule has 0 aliphatic heterocycles. The van der Waals surface area contributed by atoms with Gasteiger partial charge in [-0.25, -0.2) is 4.39 Å². The minimum Gasteiger partial charge on any atom is -0.267 e. The summed E-state index contributed by atoms with van der Waals surface area (Å²) in [5, 5.41) is 2.01. The van der Waals surface area contributed by atoms with Crippen molar-refractivity contribution in [3.63, 3.8) is 0 Å². The molecule has 0 saturated heterocycles. The van der Waals surface area contributed by atoms with E-state index in [1.54, 1.807) is 35.2 Å². The van der Waals surface area contributed by atoms with Crippen LogP contribution in [-0.4, -0.2) is 11.8 Å². The SMILES string of the molecule is O=C(NNC(=O)c1ccccc1SCc1cccs1)c1ccc(F)cc1. The number of hydrazine groups is 1. The van der Waals surface area contributed by atoms with E-state index in [9.17, 15) is 14.0 Å². The molecule has 0 radical (unpaired) electrons. The Labute approximate surface area is 158 Å². The molecule has 2 amide bonds. The van der Waals surface area contributed by atoms with Gasteiger partial charge in [0.25, 0.3) is 11.8 Å². The first kappa shape index (κ1) is 18.2. The fourth-order valence-corrected chi connectivity index (χ4v) is 4.00. The minimum absolute atomic E-state index is 0.257. The van der Waals surface area contributed by atoms with Gasteiger partial charge in [0, 0.05) is 21.1 Å². The molecule has 132 valence electrons. The van der Waals surface area contributed by atoms with Gasteiger partial charge in [-0.1, -0.05) is 18.2 Å². The maximum absolute atomic E-state index is 12.9. The van der Waals surface area contributed by atoms with E-state index >= 15 is 0 Å². The van der Waals surface area contributed by atoms with Crippen LogP contribution in [0.5, 0.6) is 0 Å². The average molecular weight is 386 g/mol. The van der Waals surface area contributed by atoms with Crippen molar-refractivity contribution < 1.29 is 14.0 Å². The molecule has 0 aliphatic carbocycles. The molecule has 26 heavy (non-hydrogen) atoms. The van der Waals surface area contributed by atoms with Crippen LogP contribution >= 0.6 is 23.1 Å². The van der Waals surface area contributed by atoms with E-state index in [0.717, 1.165) is 10.6 Å². The molecule has 0 bridgehead atoms. The predicted octanol–water partition coefficient (Wildman–Crippen LogP) is 4.25. The molecule has 7 heteroatoms. The van der Waals surface area contributed by atoms with Crippen LogP contribution < -0.4 is 10.9 Å². The number of amides is 2. The Morgan fingerprint density at radius 3 is 2.38 bits per heavy atom. The third kappa shape index (κ3) is 4.71. The summed E-state index contributed by atoms with van der Waals surface area (Å²) in [6.45, 7) is 0. The van der Waals surface area contributed by atoms with Crippen LogP contribution in [0.3, 0.4) is 0 Å². The van der Waals surface area contributed by atoms with Gasteiger partial charge >= 0.3 is 0 Å². The zero-order valence-electron chi connectivity index (χ0n) is 13.6. The molecule has 0 spiro atoms. The predicted molar refractivity (Wildman–Crippen MR) is 102 cm³/mol. The quantitative estimate of drug-likeness (QED) is 0.509. The summed E-state index contributed by atoms with van der Waals surface area (Å²) in [5.41, 5.74) is 5.48.